The van der Waals surface area contributed by atoms with E-state index in [2.05, 4.69) is 29.7 Å². The molecule has 1 aromatic heterocycles. The smallest absolute Gasteiger partial charge is 0.341 e. The van der Waals surface area contributed by atoms with Crippen LogP contribution in [0, 0.1) is 5.92 Å². The van der Waals surface area contributed by atoms with E-state index in [1.54, 1.807) is 44.3 Å². The first kappa shape index (κ1) is 29.0. The van der Waals surface area contributed by atoms with Crippen LogP contribution < -0.4 is 15.5 Å². The molecule has 4 rings (SSSR count). The second-order valence-corrected chi connectivity index (χ2v) is 10.9. The predicted octanol–water partition coefficient (Wildman–Crippen LogP) is 5.78. The fourth-order valence-corrected chi connectivity index (χ4v) is 5.87. The van der Waals surface area contributed by atoms with E-state index in [0.29, 0.717) is 27.8 Å². The molecule has 2 amide bonds. The van der Waals surface area contributed by atoms with Gasteiger partial charge in [0.2, 0.25) is 0 Å². The average molecular weight is 562 g/mol. The molecule has 1 heterocycles. The van der Waals surface area contributed by atoms with Gasteiger partial charge in [-0.15, -0.1) is 11.3 Å². The minimum atomic E-state index is -0.800. The molecule has 0 spiro atoms. The molecule has 0 bridgehead atoms. The monoisotopic (exact) mass is 561 g/mol. The lowest BCUT2D eigenvalue weighted by molar-refractivity contribution is -0.127. The fourth-order valence-electron chi connectivity index (χ4n) is 4.48. The van der Waals surface area contributed by atoms with Crippen molar-refractivity contribution in [3.8, 4) is 5.75 Å². The molecule has 0 saturated carbocycles. The van der Waals surface area contributed by atoms with E-state index in [-0.39, 0.29) is 12.5 Å². The summed E-state index contributed by atoms with van der Waals surface area (Å²) in [6.07, 6.45) is 4.42. The van der Waals surface area contributed by atoms with Crippen molar-refractivity contribution in [2.45, 2.75) is 59.5 Å². The first-order valence-corrected chi connectivity index (χ1v) is 14.4. The van der Waals surface area contributed by atoms with Crippen LogP contribution in [0.2, 0.25) is 0 Å². The van der Waals surface area contributed by atoms with Crippen molar-refractivity contribution in [3.63, 3.8) is 0 Å². The van der Waals surface area contributed by atoms with Crippen LogP contribution in [0.25, 0.3) is 0 Å². The number of amides is 2. The van der Waals surface area contributed by atoms with Crippen molar-refractivity contribution < 1.29 is 23.9 Å². The Morgan fingerprint density at radius 1 is 1.10 bits per heavy atom. The first-order valence-electron chi connectivity index (χ1n) is 13.6. The van der Waals surface area contributed by atoms with Gasteiger partial charge in [-0.3, -0.25) is 9.59 Å². The van der Waals surface area contributed by atoms with Crippen molar-refractivity contribution in [2.24, 2.45) is 11.0 Å². The summed E-state index contributed by atoms with van der Waals surface area (Å²) >= 11 is 1.45. The number of thiophene rings is 1. The zero-order valence-electron chi connectivity index (χ0n) is 23.3. The third-order valence-corrected chi connectivity index (χ3v) is 7.96. The Bertz CT molecular complexity index is 1380. The highest BCUT2D eigenvalue weighted by Crippen LogP contribution is 2.40. The summed E-state index contributed by atoms with van der Waals surface area (Å²) in [5.41, 5.74) is 6.47. The lowest BCUT2D eigenvalue weighted by Gasteiger charge is -2.18. The molecule has 2 unspecified atom stereocenters. The number of nitrogens with zero attached hydrogens (tertiary/aromatic N) is 1. The number of ether oxygens (including phenoxy) is 2. The maximum Gasteiger partial charge on any atom is 0.341 e. The maximum absolute atomic E-state index is 13.1. The molecule has 0 aliphatic heterocycles. The van der Waals surface area contributed by atoms with Gasteiger partial charge in [0.15, 0.2) is 6.10 Å². The SMILES string of the molecule is CCOC(=O)c1c(NC(=O)c2ccc(OC(C)C(=O)N/N=C/c3ccc(CC)cc3)cc2)sc2c1CCC(C)C2. The zero-order valence-corrected chi connectivity index (χ0v) is 24.1. The summed E-state index contributed by atoms with van der Waals surface area (Å²) in [4.78, 5) is 39.3. The normalized spacial score (nSPS) is 15.2. The van der Waals surface area contributed by atoms with Crippen molar-refractivity contribution in [2.75, 3.05) is 11.9 Å². The van der Waals surface area contributed by atoms with Crippen molar-refractivity contribution in [3.05, 3.63) is 81.2 Å². The molecule has 0 radical (unpaired) electrons. The second-order valence-electron chi connectivity index (χ2n) is 9.84. The second kappa shape index (κ2) is 13.4. The van der Waals surface area contributed by atoms with Crippen LogP contribution in [-0.4, -0.2) is 36.7 Å². The average Bonchev–Trinajstić information content (AvgIpc) is 3.30. The van der Waals surface area contributed by atoms with Gasteiger partial charge in [-0.25, -0.2) is 10.2 Å². The van der Waals surface area contributed by atoms with Crippen LogP contribution in [0.1, 0.15) is 76.4 Å². The number of aryl methyl sites for hydroxylation is 1. The van der Waals surface area contributed by atoms with Crippen molar-refractivity contribution in [1.82, 2.24) is 5.43 Å². The van der Waals surface area contributed by atoms with Gasteiger partial charge in [0.05, 0.1) is 18.4 Å². The number of benzene rings is 2. The van der Waals surface area contributed by atoms with E-state index in [4.69, 9.17) is 9.47 Å². The molecule has 3 aromatic rings. The number of hydrogen-bond donors (Lipinski definition) is 2. The number of fused-ring (bicyclic) bond motifs is 1. The van der Waals surface area contributed by atoms with Crippen LogP contribution in [0.4, 0.5) is 5.00 Å². The number of esters is 1. The lowest BCUT2D eigenvalue weighted by Crippen LogP contribution is -2.33. The van der Waals surface area contributed by atoms with Gasteiger partial charge < -0.3 is 14.8 Å². The lowest BCUT2D eigenvalue weighted by atomic mass is 9.88. The molecule has 2 N–H and O–H groups in total. The van der Waals surface area contributed by atoms with Crippen LogP contribution >= 0.6 is 11.3 Å². The first-order chi connectivity index (χ1) is 19.3. The van der Waals surface area contributed by atoms with E-state index in [1.165, 1.54) is 16.9 Å². The number of carbonyl (C=O) groups excluding carboxylic acids is 3. The summed E-state index contributed by atoms with van der Waals surface area (Å²) in [5.74, 6) is -0.168. The van der Waals surface area contributed by atoms with Gasteiger partial charge in [-0.05, 0) is 86.4 Å². The molecule has 8 nitrogen and oxygen atoms in total. The minimum Gasteiger partial charge on any atom is -0.481 e. The van der Waals surface area contributed by atoms with Gasteiger partial charge in [0.25, 0.3) is 11.8 Å². The van der Waals surface area contributed by atoms with Gasteiger partial charge in [0.1, 0.15) is 10.8 Å². The van der Waals surface area contributed by atoms with Crippen LogP contribution in [0.3, 0.4) is 0 Å². The molecule has 0 saturated heterocycles. The molecular weight excluding hydrogens is 526 g/mol. The maximum atomic E-state index is 13.1. The number of carbonyl (C=O) groups is 3. The van der Waals surface area contributed by atoms with E-state index < -0.39 is 18.0 Å². The zero-order chi connectivity index (χ0) is 28.6. The molecule has 40 heavy (non-hydrogen) atoms. The molecule has 2 aromatic carbocycles. The van der Waals surface area contributed by atoms with E-state index in [9.17, 15) is 14.4 Å². The topological polar surface area (TPSA) is 106 Å². The van der Waals surface area contributed by atoms with Crippen LogP contribution in [0.15, 0.2) is 53.6 Å². The largest absolute Gasteiger partial charge is 0.481 e. The Morgan fingerprint density at radius 3 is 2.50 bits per heavy atom. The Balaban J connectivity index is 1.36. The standard InChI is InChI=1S/C31H35N3O5S/c1-5-21-8-10-22(11-9-21)18-32-34-28(35)20(4)39-24-14-12-23(13-15-24)29(36)33-30-27(31(37)38-6-2)25-16-7-19(3)17-26(25)40-30/h8-15,18-20H,5-7,16-17H2,1-4H3,(H,33,36)(H,34,35)/b32-18+. The van der Waals surface area contributed by atoms with Gasteiger partial charge in [0, 0.05) is 10.4 Å². The highest BCUT2D eigenvalue weighted by molar-refractivity contribution is 7.17. The molecule has 2 atom stereocenters. The molecule has 1 aliphatic rings. The highest BCUT2D eigenvalue weighted by Gasteiger charge is 2.29. The molecular formula is C31H35N3O5S. The molecule has 1 aliphatic carbocycles. The van der Waals surface area contributed by atoms with Gasteiger partial charge in [-0.2, -0.15) is 5.10 Å². The number of anilines is 1. The van der Waals surface area contributed by atoms with Crippen molar-refractivity contribution >= 4 is 40.3 Å². The Kier molecular flexibility index (Phi) is 9.71. The fraction of sp³-hybridized carbons (Fsp3) is 0.355. The summed E-state index contributed by atoms with van der Waals surface area (Å²) < 4.78 is 11.0. The van der Waals surface area contributed by atoms with E-state index in [0.717, 1.165) is 41.7 Å². The predicted molar refractivity (Wildman–Crippen MR) is 158 cm³/mol. The third kappa shape index (κ3) is 7.15. The molecule has 9 heteroatoms. The van der Waals surface area contributed by atoms with E-state index in [1.807, 2.05) is 24.3 Å². The Labute approximate surface area is 238 Å². The number of hydrazone groups is 1. The summed E-state index contributed by atoms with van der Waals surface area (Å²) in [7, 11) is 0. The van der Waals surface area contributed by atoms with Crippen molar-refractivity contribution in [1.29, 1.82) is 0 Å². The van der Waals surface area contributed by atoms with Crippen LogP contribution in [0.5, 0.6) is 5.75 Å². The van der Waals surface area contributed by atoms with Gasteiger partial charge >= 0.3 is 5.97 Å². The minimum absolute atomic E-state index is 0.268. The molecule has 210 valence electrons. The summed E-state index contributed by atoms with van der Waals surface area (Å²) in [6, 6.07) is 14.4. The third-order valence-electron chi connectivity index (χ3n) is 6.79. The highest BCUT2D eigenvalue weighted by atomic mass is 32.1. The summed E-state index contributed by atoms with van der Waals surface area (Å²) in [6.45, 7) is 7.94. The van der Waals surface area contributed by atoms with E-state index >= 15 is 0 Å². The number of nitrogens with one attached hydrogen (secondary N) is 2. The number of rotatable bonds is 10. The Hall–Kier alpha value is -3.98. The van der Waals surface area contributed by atoms with Gasteiger partial charge in [-0.1, -0.05) is 38.1 Å². The van der Waals surface area contributed by atoms with Crippen LogP contribution in [-0.2, 0) is 28.8 Å². The summed E-state index contributed by atoms with van der Waals surface area (Å²) in [5, 5.41) is 7.45. The quantitative estimate of drug-likeness (QED) is 0.185. The Morgan fingerprint density at radius 2 is 1.82 bits per heavy atom. The number of hydrogen-bond acceptors (Lipinski definition) is 7. The molecule has 0 fully saturated rings.